The number of hydrogen-bond acceptors (Lipinski definition) is 6. The third kappa shape index (κ3) is 3.79. The summed E-state index contributed by atoms with van der Waals surface area (Å²) in [7, 11) is -5.42. The minimum Gasteiger partial charge on any atom is -0.414 e. The van der Waals surface area contributed by atoms with E-state index in [0.717, 1.165) is 0 Å². The van der Waals surface area contributed by atoms with Crippen molar-refractivity contribution in [2.24, 2.45) is 0 Å². The number of aromatic amines is 1. The van der Waals surface area contributed by atoms with Gasteiger partial charge in [0.2, 0.25) is 0 Å². The molecule has 0 bridgehead atoms. The lowest BCUT2D eigenvalue weighted by Crippen LogP contribution is -2.65. The van der Waals surface area contributed by atoms with Crippen LogP contribution >= 0.6 is 0 Å². The summed E-state index contributed by atoms with van der Waals surface area (Å²) in [5.41, 5.74) is -0.418. The molecule has 1 spiro atoms. The standard InChI is InChI=1S/C23H38N2O6Si2/c1-14(2)32(15(3)4)28-13-20-19(30-33(31-32,16(5)6)17(7)8)12-23(29-20)10-9-18-11-21(26)24-22(27)25(18)23/h9-11,14-17,19-20H,12-13H2,1-8H3,(H,24,26,27)/t19-,20-,23+/m1/s1. The van der Waals surface area contributed by atoms with Crippen molar-refractivity contribution in [3.63, 3.8) is 0 Å². The molecular weight excluding hydrogens is 456 g/mol. The van der Waals surface area contributed by atoms with E-state index in [9.17, 15) is 9.59 Å². The molecule has 10 heteroatoms. The van der Waals surface area contributed by atoms with Crippen LogP contribution in [0.1, 0.15) is 67.5 Å². The molecule has 4 heterocycles. The largest absolute Gasteiger partial charge is 0.414 e. The molecule has 3 aliphatic heterocycles. The first-order valence-corrected chi connectivity index (χ1v) is 16.1. The number of H-pyrrole nitrogens is 1. The van der Waals surface area contributed by atoms with Gasteiger partial charge in [-0.3, -0.25) is 14.3 Å². The Morgan fingerprint density at radius 3 is 2.15 bits per heavy atom. The zero-order chi connectivity index (χ0) is 24.3. The summed E-state index contributed by atoms with van der Waals surface area (Å²) in [5, 5.41) is 0. The summed E-state index contributed by atoms with van der Waals surface area (Å²) in [4.78, 5) is 27.0. The van der Waals surface area contributed by atoms with Gasteiger partial charge in [0, 0.05) is 12.5 Å². The first-order chi connectivity index (χ1) is 15.4. The molecule has 0 amide bonds. The average molecular weight is 495 g/mol. The van der Waals surface area contributed by atoms with E-state index in [2.05, 4.69) is 60.4 Å². The topological polar surface area (TPSA) is 91.8 Å². The van der Waals surface area contributed by atoms with Crippen molar-refractivity contribution in [2.75, 3.05) is 6.61 Å². The Balaban J connectivity index is 1.80. The minimum atomic E-state index is -2.76. The third-order valence-electron chi connectivity index (χ3n) is 7.47. The molecule has 3 atom stereocenters. The second kappa shape index (κ2) is 8.42. The number of ether oxygens (including phenoxy) is 1. The molecule has 0 radical (unpaired) electrons. The smallest absolute Gasteiger partial charge is 0.335 e. The summed E-state index contributed by atoms with van der Waals surface area (Å²) in [6.45, 7) is 17.9. The highest BCUT2D eigenvalue weighted by atomic mass is 28.5. The van der Waals surface area contributed by atoms with E-state index in [-0.39, 0.29) is 34.4 Å². The molecule has 2 saturated heterocycles. The van der Waals surface area contributed by atoms with Crippen LogP contribution < -0.4 is 11.2 Å². The molecule has 33 heavy (non-hydrogen) atoms. The van der Waals surface area contributed by atoms with Crippen molar-refractivity contribution >= 4 is 23.2 Å². The van der Waals surface area contributed by atoms with Gasteiger partial charge in [0.25, 0.3) is 5.56 Å². The maximum absolute atomic E-state index is 12.8. The van der Waals surface area contributed by atoms with Crippen LogP contribution in [0.25, 0.3) is 6.08 Å². The van der Waals surface area contributed by atoms with Gasteiger partial charge in [0.1, 0.15) is 6.10 Å². The number of hydrogen-bond donors (Lipinski definition) is 1. The van der Waals surface area contributed by atoms with Gasteiger partial charge in [0.15, 0.2) is 5.72 Å². The SMILES string of the molecule is CC(C)[Si]1(C(C)C)OC[C@H]2O[C@@]3(C=Cc4cc(=O)[nH]c(=O)n43)C[C@H]2O[Si](C(C)C)(C(C)C)O1. The van der Waals surface area contributed by atoms with E-state index < -0.39 is 34.1 Å². The highest BCUT2D eigenvalue weighted by Crippen LogP contribution is 2.50. The van der Waals surface area contributed by atoms with Crippen LogP contribution in [0.15, 0.2) is 21.7 Å². The van der Waals surface area contributed by atoms with Gasteiger partial charge in [-0.2, -0.15) is 0 Å². The molecule has 0 aromatic carbocycles. The van der Waals surface area contributed by atoms with Crippen molar-refractivity contribution in [3.05, 3.63) is 38.7 Å². The maximum Gasteiger partial charge on any atom is 0.335 e. The first kappa shape index (κ1) is 24.8. The van der Waals surface area contributed by atoms with Gasteiger partial charge >= 0.3 is 22.8 Å². The molecular formula is C23H38N2O6Si2. The number of nitrogens with one attached hydrogen (secondary N) is 1. The first-order valence-electron chi connectivity index (χ1n) is 12.1. The molecule has 3 aliphatic rings. The zero-order valence-corrected chi connectivity index (χ0v) is 23.0. The van der Waals surface area contributed by atoms with Gasteiger partial charge in [-0.25, -0.2) is 4.79 Å². The summed E-state index contributed by atoms with van der Waals surface area (Å²) in [6, 6.07) is 1.42. The number of fused-ring (bicyclic) bond motifs is 3. The van der Waals surface area contributed by atoms with E-state index in [1.54, 1.807) is 6.08 Å². The Kier molecular flexibility index (Phi) is 6.33. The minimum absolute atomic E-state index is 0.214. The van der Waals surface area contributed by atoms with E-state index in [4.69, 9.17) is 17.7 Å². The lowest BCUT2D eigenvalue weighted by Gasteiger charge is -2.51. The van der Waals surface area contributed by atoms with Crippen LogP contribution in [-0.2, 0) is 23.4 Å². The summed E-state index contributed by atoms with van der Waals surface area (Å²) < 4.78 is 29.2. The molecule has 4 rings (SSSR count). The Hall–Kier alpha value is -1.31. The Bertz CT molecular complexity index is 1030. The van der Waals surface area contributed by atoms with Gasteiger partial charge in [-0.15, -0.1) is 0 Å². The molecule has 2 fully saturated rings. The van der Waals surface area contributed by atoms with Crippen molar-refractivity contribution in [1.29, 1.82) is 0 Å². The highest BCUT2D eigenvalue weighted by molar-refractivity contribution is 6.83. The summed E-state index contributed by atoms with van der Waals surface area (Å²) in [5.74, 6) is 0. The van der Waals surface area contributed by atoms with Crippen molar-refractivity contribution in [2.45, 2.75) is 102 Å². The monoisotopic (exact) mass is 494 g/mol. The van der Waals surface area contributed by atoms with Crippen molar-refractivity contribution in [1.82, 2.24) is 9.55 Å². The molecule has 0 unspecified atom stereocenters. The van der Waals surface area contributed by atoms with Crippen LogP contribution in [0.3, 0.4) is 0 Å². The molecule has 0 aliphatic carbocycles. The molecule has 0 saturated carbocycles. The predicted molar refractivity (Wildman–Crippen MR) is 132 cm³/mol. The lowest BCUT2D eigenvalue weighted by molar-refractivity contribution is -0.0918. The van der Waals surface area contributed by atoms with Gasteiger partial charge in [-0.05, 0) is 34.3 Å². The van der Waals surface area contributed by atoms with Crippen LogP contribution in [0.2, 0.25) is 22.2 Å². The fourth-order valence-corrected chi connectivity index (χ4v) is 17.0. The number of nitrogens with zero attached hydrogens (tertiary/aromatic N) is 1. The van der Waals surface area contributed by atoms with Crippen LogP contribution in [0.4, 0.5) is 0 Å². The summed E-state index contributed by atoms with van der Waals surface area (Å²) >= 11 is 0. The second-order valence-corrected chi connectivity index (χ2v) is 19.7. The van der Waals surface area contributed by atoms with Gasteiger partial charge < -0.3 is 17.7 Å². The molecule has 1 aromatic heterocycles. The number of rotatable bonds is 4. The zero-order valence-electron chi connectivity index (χ0n) is 21.0. The van der Waals surface area contributed by atoms with Crippen LogP contribution in [0.5, 0.6) is 0 Å². The normalized spacial score (nSPS) is 30.3. The van der Waals surface area contributed by atoms with E-state index in [0.29, 0.717) is 18.7 Å². The van der Waals surface area contributed by atoms with Gasteiger partial charge in [0.05, 0.1) is 18.4 Å². The molecule has 1 aromatic rings. The van der Waals surface area contributed by atoms with Crippen LogP contribution in [0, 0.1) is 0 Å². The Morgan fingerprint density at radius 1 is 0.970 bits per heavy atom. The van der Waals surface area contributed by atoms with Crippen molar-refractivity contribution in [3.8, 4) is 0 Å². The van der Waals surface area contributed by atoms with Gasteiger partial charge in [-0.1, -0.05) is 55.4 Å². The fraction of sp³-hybridized carbons (Fsp3) is 0.739. The maximum atomic E-state index is 12.8. The molecule has 184 valence electrons. The third-order valence-corrected chi connectivity index (χ3v) is 17.8. The second-order valence-electron chi connectivity index (χ2n) is 10.9. The molecule has 8 nitrogen and oxygen atoms in total. The number of aromatic nitrogens is 2. The predicted octanol–water partition coefficient (Wildman–Crippen LogP) is 3.96. The lowest BCUT2D eigenvalue weighted by atomic mass is 10.1. The average Bonchev–Trinajstić information content (AvgIpc) is 3.21. The van der Waals surface area contributed by atoms with E-state index in [1.807, 2.05) is 6.08 Å². The van der Waals surface area contributed by atoms with E-state index in [1.165, 1.54) is 10.6 Å². The highest BCUT2D eigenvalue weighted by Gasteiger charge is 2.62. The fourth-order valence-electron chi connectivity index (χ4n) is 5.79. The quantitative estimate of drug-likeness (QED) is 0.637. The Morgan fingerprint density at radius 2 is 1.58 bits per heavy atom. The van der Waals surface area contributed by atoms with Crippen molar-refractivity contribution < 1.29 is 17.7 Å². The Labute approximate surface area is 197 Å². The molecule has 1 N–H and O–H groups in total. The van der Waals surface area contributed by atoms with Crippen LogP contribution in [-0.4, -0.2) is 45.5 Å². The van der Waals surface area contributed by atoms with E-state index >= 15 is 0 Å². The summed E-state index contributed by atoms with van der Waals surface area (Å²) in [6.07, 6.45) is 3.50.